The molecule has 1 aromatic carbocycles. The predicted octanol–water partition coefficient (Wildman–Crippen LogP) is 3.19. The van der Waals surface area contributed by atoms with Crippen LogP contribution in [0.25, 0.3) is 11.0 Å². The molecule has 0 atom stereocenters. The minimum atomic E-state index is -4.30. The first-order valence-corrected chi connectivity index (χ1v) is 5.43. The van der Waals surface area contributed by atoms with Gasteiger partial charge in [-0.25, -0.2) is 4.98 Å². The highest BCUT2D eigenvalue weighted by Gasteiger charge is 2.27. The molecule has 0 amide bonds. The molecule has 6 heteroatoms. The van der Waals surface area contributed by atoms with Crippen LogP contribution >= 0.6 is 0 Å². The Morgan fingerprint density at radius 3 is 2.56 bits per heavy atom. The third-order valence-corrected chi connectivity index (χ3v) is 2.73. The molecular formula is C12H13F3N2O. The Kier molecular flexibility index (Phi) is 3.30. The topological polar surface area (TPSA) is 27.1 Å². The van der Waals surface area contributed by atoms with Crippen molar-refractivity contribution >= 4 is 11.0 Å². The Labute approximate surface area is 102 Å². The first kappa shape index (κ1) is 12.9. The van der Waals surface area contributed by atoms with Gasteiger partial charge in [0.25, 0.3) is 0 Å². The van der Waals surface area contributed by atoms with E-state index in [1.807, 2.05) is 26.0 Å². The van der Waals surface area contributed by atoms with Gasteiger partial charge in [0, 0.05) is 0 Å². The van der Waals surface area contributed by atoms with Gasteiger partial charge in [0.1, 0.15) is 13.3 Å². The molecule has 2 rings (SSSR count). The summed E-state index contributed by atoms with van der Waals surface area (Å²) in [5, 5.41) is 0. The molecule has 0 radical (unpaired) electrons. The minimum absolute atomic E-state index is 0.154. The van der Waals surface area contributed by atoms with Crippen LogP contribution in [0.4, 0.5) is 13.2 Å². The van der Waals surface area contributed by atoms with Crippen molar-refractivity contribution in [1.29, 1.82) is 0 Å². The highest BCUT2D eigenvalue weighted by molar-refractivity contribution is 5.77. The molecule has 0 aliphatic carbocycles. The zero-order valence-electron chi connectivity index (χ0n) is 10.1. The summed E-state index contributed by atoms with van der Waals surface area (Å²) in [6.07, 6.45) is -2.82. The summed E-state index contributed by atoms with van der Waals surface area (Å²) in [6, 6.07) is 3.81. The highest BCUT2D eigenvalue weighted by atomic mass is 19.4. The maximum absolute atomic E-state index is 12.0. The fourth-order valence-electron chi connectivity index (χ4n) is 1.68. The number of fused-ring (bicyclic) bond motifs is 1. The van der Waals surface area contributed by atoms with Crippen molar-refractivity contribution in [3.8, 4) is 0 Å². The number of benzene rings is 1. The van der Waals surface area contributed by atoms with Gasteiger partial charge in [0.05, 0.1) is 17.4 Å². The zero-order chi connectivity index (χ0) is 13.3. The van der Waals surface area contributed by atoms with Crippen LogP contribution in [-0.2, 0) is 11.5 Å². The average Bonchev–Trinajstić information content (AvgIpc) is 2.60. The lowest BCUT2D eigenvalue weighted by Gasteiger charge is -2.09. The SMILES string of the molecule is Cc1cc2ncn(COCC(F)(F)F)c2cc1C. The van der Waals surface area contributed by atoms with Crippen molar-refractivity contribution in [2.45, 2.75) is 26.8 Å². The molecule has 0 N–H and O–H groups in total. The number of alkyl halides is 3. The average molecular weight is 258 g/mol. The van der Waals surface area contributed by atoms with E-state index in [2.05, 4.69) is 9.72 Å². The molecule has 0 saturated heterocycles. The number of aromatic nitrogens is 2. The second-order valence-electron chi connectivity index (χ2n) is 4.23. The van der Waals surface area contributed by atoms with E-state index in [-0.39, 0.29) is 6.73 Å². The van der Waals surface area contributed by atoms with Crippen LogP contribution in [0.2, 0.25) is 0 Å². The van der Waals surface area contributed by atoms with Crippen molar-refractivity contribution < 1.29 is 17.9 Å². The second kappa shape index (κ2) is 4.61. The number of hydrogen-bond acceptors (Lipinski definition) is 2. The van der Waals surface area contributed by atoms with E-state index in [1.54, 1.807) is 4.57 Å². The van der Waals surface area contributed by atoms with Crippen molar-refractivity contribution in [2.24, 2.45) is 0 Å². The number of halogens is 3. The van der Waals surface area contributed by atoms with E-state index in [4.69, 9.17) is 0 Å². The van der Waals surface area contributed by atoms with Gasteiger partial charge in [-0.15, -0.1) is 0 Å². The summed E-state index contributed by atoms with van der Waals surface area (Å²) in [5.74, 6) is 0. The summed E-state index contributed by atoms with van der Waals surface area (Å²) in [4.78, 5) is 4.14. The molecule has 0 unspecified atom stereocenters. The van der Waals surface area contributed by atoms with Crippen LogP contribution in [0.15, 0.2) is 18.5 Å². The third-order valence-electron chi connectivity index (χ3n) is 2.73. The van der Waals surface area contributed by atoms with Crippen LogP contribution in [-0.4, -0.2) is 22.3 Å². The third kappa shape index (κ3) is 2.81. The molecule has 1 heterocycles. The Hall–Kier alpha value is -1.56. The summed E-state index contributed by atoms with van der Waals surface area (Å²) >= 11 is 0. The molecular weight excluding hydrogens is 245 g/mol. The molecule has 2 aromatic rings. The van der Waals surface area contributed by atoms with E-state index in [9.17, 15) is 13.2 Å². The van der Waals surface area contributed by atoms with Gasteiger partial charge in [-0.05, 0) is 37.1 Å². The van der Waals surface area contributed by atoms with Crippen LogP contribution in [0.1, 0.15) is 11.1 Å². The summed E-state index contributed by atoms with van der Waals surface area (Å²) in [7, 11) is 0. The van der Waals surface area contributed by atoms with Crippen LogP contribution in [0.3, 0.4) is 0 Å². The summed E-state index contributed by atoms with van der Waals surface area (Å²) in [5.41, 5.74) is 3.71. The lowest BCUT2D eigenvalue weighted by atomic mass is 10.1. The molecule has 18 heavy (non-hydrogen) atoms. The van der Waals surface area contributed by atoms with Gasteiger partial charge in [-0.1, -0.05) is 0 Å². The molecule has 0 spiro atoms. The quantitative estimate of drug-likeness (QED) is 0.845. The minimum Gasteiger partial charge on any atom is -0.351 e. The van der Waals surface area contributed by atoms with Crippen molar-refractivity contribution in [1.82, 2.24) is 9.55 Å². The van der Waals surface area contributed by atoms with Gasteiger partial charge < -0.3 is 9.30 Å². The van der Waals surface area contributed by atoms with Gasteiger partial charge in [-0.2, -0.15) is 13.2 Å². The Balaban J connectivity index is 2.17. The Morgan fingerprint density at radius 1 is 1.22 bits per heavy atom. The zero-order valence-corrected chi connectivity index (χ0v) is 10.1. The number of nitrogens with zero attached hydrogens (tertiary/aromatic N) is 2. The maximum Gasteiger partial charge on any atom is 0.411 e. The van der Waals surface area contributed by atoms with Gasteiger partial charge >= 0.3 is 6.18 Å². The van der Waals surface area contributed by atoms with Gasteiger partial charge in [0.2, 0.25) is 0 Å². The van der Waals surface area contributed by atoms with E-state index in [0.29, 0.717) is 0 Å². The van der Waals surface area contributed by atoms with Crippen molar-refractivity contribution in [3.05, 3.63) is 29.6 Å². The fraction of sp³-hybridized carbons (Fsp3) is 0.417. The van der Waals surface area contributed by atoms with Crippen LogP contribution in [0.5, 0.6) is 0 Å². The number of aryl methyl sites for hydroxylation is 2. The fourth-order valence-corrected chi connectivity index (χ4v) is 1.68. The highest BCUT2D eigenvalue weighted by Crippen LogP contribution is 2.19. The first-order chi connectivity index (χ1) is 8.37. The number of ether oxygens (including phenoxy) is 1. The van der Waals surface area contributed by atoms with Gasteiger partial charge in [-0.3, -0.25) is 0 Å². The summed E-state index contributed by atoms with van der Waals surface area (Å²) < 4.78 is 42.1. The van der Waals surface area contributed by atoms with E-state index in [0.717, 1.165) is 22.2 Å². The summed E-state index contributed by atoms with van der Waals surface area (Å²) in [6.45, 7) is 2.51. The van der Waals surface area contributed by atoms with Gasteiger partial charge in [0.15, 0.2) is 0 Å². The molecule has 0 bridgehead atoms. The molecule has 0 aliphatic rings. The molecule has 0 fully saturated rings. The van der Waals surface area contributed by atoms with Crippen molar-refractivity contribution in [2.75, 3.05) is 6.61 Å². The first-order valence-electron chi connectivity index (χ1n) is 5.43. The molecule has 98 valence electrons. The Bertz CT molecular complexity index is 560. The normalized spacial score (nSPS) is 12.3. The monoisotopic (exact) mass is 258 g/mol. The molecule has 1 aromatic heterocycles. The lowest BCUT2D eigenvalue weighted by Crippen LogP contribution is -2.18. The number of rotatable bonds is 3. The number of imidazole rings is 1. The Morgan fingerprint density at radius 2 is 1.89 bits per heavy atom. The molecule has 0 aliphatic heterocycles. The standard InChI is InChI=1S/C12H13F3N2O/c1-8-3-10-11(4-9(8)2)17(6-16-10)7-18-5-12(13,14)15/h3-4,6H,5,7H2,1-2H3. The maximum atomic E-state index is 12.0. The number of hydrogen-bond donors (Lipinski definition) is 0. The van der Waals surface area contributed by atoms with Crippen LogP contribution < -0.4 is 0 Å². The van der Waals surface area contributed by atoms with E-state index in [1.165, 1.54) is 6.33 Å². The second-order valence-corrected chi connectivity index (χ2v) is 4.23. The van der Waals surface area contributed by atoms with Crippen LogP contribution in [0, 0.1) is 13.8 Å². The van der Waals surface area contributed by atoms with E-state index >= 15 is 0 Å². The predicted molar refractivity (Wildman–Crippen MR) is 61.2 cm³/mol. The van der Waals surface area contributed by atoms with E-state index < -0.39 is 12.8 Å². The molecule has 3 nitrogen and oxygen atoms in total. The van der Waals surface area contributed by atoms with Crippen molar-refractivity contribution in [3.63, 3.8) is 0 Å². The largest absolute Gasteiger partial charge is 0.411 e. The molecule has 0 saturated carbocycles. The lowest BCUT2D eigenvalue weighted by molar-refractivity contribution is -0.181. The smallest absolute Gasteiger partial charge is 0.351 e.